The summed E-state index contributed by atoms with van der Waals surface area (Å²) in [5.74, 6) is 1.19. The van der Waals surface area contributed by atoms with Crippen molar-refractivity contribution in [2.24, 2.45) is 0 Å². The highest BCUT2D eigenvalue weighted by atomic mass is 79.9. The number of benzene rings is 1. The molecule has 0 radical (unpaired) electrons. The SMILES string of the molecule is O=C(Nc1cccc(Nc2ncc(Br)c(NCCCNc3nccs3)n2)c1)N1CCCC1. The molecule has 0 atom stereocenters. The van der Waals surface area contributed by atoms with Gasteiger partial charge >= 0.3 is 6.03 Å². The van der Waals surface area contributed by atoms with Gasteiger partial charge in [-0.15, -0.1) is 11.3 Å². The van der Waals surface area contributed by atoms with Gasteiger partial charge in [0.15, 0.2) is 5.13 Å². The monoisotopic (exact) mass is 516 g/mol. The van der Waals surface area contributed by atoms with Crippen LogP contribution in [-0.2, 0) is 0 Å². The smallest absolute Gasteiger partial charge is 0.321 e. The van der Waals surface area contributed by atoms with Crippen LogP contribution in [0.1, 0.15) is 19.3 Å². The second-order valence-electron chi connectivity index (χ2n) is 7.26. The summed E-state index contributed by atoms with van der Waals surface area (Å²) in [5.41, 5.74) is 1.53. The van der Waals surface area contributed by atoms with E-state index in [4.69, 9.17) is 0 Å². The molecule has 3 heterocycles. The van der Waals surface area contributed by atoms with Crippen LogP contribution in [0.25, 0.3) is 0 Å². The lowest BCUT2D eigenvalue weighted by atomic mass is 10.3. The molecule has 0 bridgehead atoms. The molecular formula is C21H25BrN8OS. The van der Waals surface area contributed by atoms with Gasteiger partial charge in [0.25, 0.3) is 0 Å². The average Bonchev–Trinajstić information content (AvgIpc) is 3.50. The number of carbonyl (C=O) groups excluding carboxylic acids is 1. The van der Waals surface area contributed by atoms with E-state index in [1.807, 2.05) is 34.5 Å². The Labute approximate surface area is 199 Å². The molecule has 168 valence electrons. The van der Waals surface area contributed by atoms with Crippen molar-refractivity contribution in [1.82, 2.24) is 19.9 Å². The Morgan fingerprint density at radius 1 is 1.12 bits per heavy atom. The highest BCUT2D eigenvalue weighted by Gasteiger charge is 2.17. The number of hydrogen-bond acceptors (Lipinski definition) is 8. The molecule has 11 heteroatoms. The van der Waals surface area contributed by atoms with Gasteiger partial charge in [0.1, 0.15) is 5.82 Å². The van der Waals surface area contributed by atoms with Crippen molar-refractivity contribution in [3.8, 4) is 0 Å². The Bertz CT molecular complexity index is 1030. The zero-order valence-electron chi connectivity index (χ0n) is 17.5. The number of urea groups is 1. The fraction of sp³-hybridized carbons (Fsp3) is 0.333. The lowest BCUT2D eigenvalue weighted by Crippen LogP contribution is -2.32. The molecular weight excluding hydrogens is 492 g/mol. The molecule has 0 aliphatic carbocycles. The van der Waals surface area contributed by atoms with E-state index in [1.165, 1.54) is 0 Å². The zero-order chi connectivity index (χ0) is 22.2. The number of amides is 2. The third-order valence-corrected chi connectivity index (χ3v) is 6.17. The van der Waals surface area contributed by atoms with Crippen LogP contribution in [0.2, 0.25) is 0 Å². The van der Waals surface area contributed by atoms with Crippen LogP contribution in [0.15, 0.2) is 46.5 Å². The van der Waals surface area contributed by atoms with Gasteiger partial charge < -0.3 is 26.2 Å². The minimum Gasteiger partial charge on any atom is -0.369 e. The summed E-state index contributed by atoms with van der Waals surface area (Å²) in [6.07, 6.45) is 6.54. The number of halogens is 1. The second-order valence-corrected chi connectivity index (χ2v) is 9.01. The summed E-state index contributed by atoms with van der Waals surface area (Å²) in [6.45, 7) is 3.20. The number of nitrogens with one attached hydrogen (secondary N) is 4. The Morgan fingerprint density at radius 2 is 1.94 bits per heavy atom. The fourth-order valence-electron chi connectivity index (χ4n) is 3.28. The van der Waals surface area contributed by atoms with Crippen LogP contribution >= 0.6 is 27.3 Å². The van der Waals surface area contributed by atoms with Crippen molar-refractivity contribution in [3.05, 3.63) is 46.5 Å². The Hall–Kier alpha value is -2.92. The highest BCUT2D eigenvalue weighted by molar-refractivity contribution is 9.10. The Morgan fingerprint density at radius 3 is 2.75 bits per heavy atom. The Kier molecular flexibility index (Phi) is 7.73. The molecule has 4 N–H and O–H groups in total. The minimum absolute atomic E-state index is 0.0598. The molecule has 9 nitrogen and oxygen atoms in total. The zero-order valence-corrected chi connectivity index (χ0v) is 19.9. The number of thiazole rings is 1. The summed E-state index contributed by atoms with van der Waals surface area (Å²) < 4.78 is 0.794. The fourth-order valence-corrected chi connectivity index (χ4v) is 4.17. The quantitative estimate of drug-likeness (QED) is 0.297. The molecule has 0 saturated carbocycles. The van der Waals surface area contributed by atoms with Crippen LogP contribution < -0.4 is 21.3 Å². The third-order valence-electron chi connectivity index (χ3n) is 4.86. The van der Waals surface area contributed by atoms with Gasteiger partial charge in [-0.2, -0.15) is 4.98 Å². The molecule has 3 aromatic rings. The van der Waals surface area contributed by atoms with E-state index in [2.05, 4.69) is 52.1 Å². The molecule has 32 heavy (non-hydrogen) atoms. The third kappa shape index (κ3) is 6.30. The van der Waals surface area contributed by atoms with Crippen LogP contribution in [0, 0.1) is 0 Å². The summed E-state index contributed by atoms with van der Waals surface area (Å²) in [4.78, 5) is 27.3. The molecule has 1 fully saturated rings. The summed E-state index contributed by atoms with van der Waals surface area (Å²) in [7, 11) is 0. The van der Waals surface area contributed by atoms with E-state index in [0.29, 0.717) is 5.95 Å². The van der Waals surface area contributed by atoms with Gasteiger partial charge in [-0.05, 0) is 53.4 Å². The van der Waals surface area contributed by atoms with Gasteiger partial charge in [0.05, 0.1) is 4.47 Å². The van der Waals surface area contributed by atoms with Gasteiger partial charge in [-0.25, -0.2) is 14.8 Å². The standard InChI is InChI=1S/C21H25BrN8OS/c22-17-14-26-19(29-18(17)23-7-4-8-24-20-25-9-12-32-20)27-15-5-3-6-16(13-15)28-21(31)30-10-1-2-11-30/h3,5-6,9,12-14H,1-2,4,7-8,10-11H2,(H,24,25)(H,28,31)(H2,23,26,27,29). The van der Waals surface area contributed by atoms with Gasteiger partial charge in [0.2, 0.25) is 5.95 Å². The van der Waals surface area contributed by atoms with Gasteiger partial charge in [-0.1, -0.05) is 6.07 Å². The van der Waals surface area contributed by atoms with Crippen LogP contribution in [0.4, 0.5) is 33.1 Å². The van der Waals surface area contributed by atoms with E-state index >= 15 is 0 Å². The Balaban J connectivity index is 1.30. The minimum atomic E-state index is -0.0598. The summed E-state index contributed by atoms with van der Waals surface area (Å²) in [5, 5.41) is 15.7. The number of anilines is 5. The molecule has 4 rings (SSSR count). The van der Waals surface area contributed by atoms with Crippen LogP contribution in [-0.4, -0.2) is 52.1 Å². The van der Waals surface area contributed by atoms with Gasteiger partial charge in [0, 0.05) is 55.3 Å². The van der Waals surface area contributed by atoms with Crippen molar-refractivity contribution in [1.29, 1.82) is 0 Å². The van der Waals surface area contributed by atoms with E-state index in [9.17, 15) is 4.79 Å². The first-order valence-corrected chi connectivity index (χ1v) is 12.2. The van der Waals surface area contributed by atoms with Crippen LogP contribution in [0.5, 0.6) is 0 Å². The van der Waals surface area contributed by atoms with E-state index in [-0.39, 0.29) is 6.03 Å². The maximum atomic E-state index is 12.3. The van der Waals surface area contributed by atoms with Crippen molar-refractivity contribution >= 4 is 61.6 Å². The number of likely N-dealkylation sites (tertiary alicyclic amines) is 1. The predicted molar refractivity (Wildman–Crippen MR) is 133 cm³/mol. The second kappa shape index (κ2) is 11.1. The molecule has 2 aromatic heterocycles. The number of hydrogen-bond donors (Lipinski definition) is 4. The molecule has 0 unspecified atom stereocenters. The lowest BCUT2D eigenvalue weighted by molar-refractivity contribution is 0.222. The van der Waals surface area contributed by atoms with E-state index in [1.54, 1.807) is 23.7 Å². The first-order valence-electron chi connectivity index (χ1n) is 10.5. The topological polar surface area (TPSA) is 107 Å². The average molecular weight is 517 g/mol. The summed E-state index contributed by atoms with van der Waals surface area (Å²) >= 11 is 5.08. The number of nitrogens with zero attached hydrogens (tertiary/aromatic N) is 4. The number of aromatic nitrogens is 3. The van der Waals surface area contributed by atoms with Crippen molar-refractivity contribution < 1.29 is 4.79 Å². The number of carbonyl (C=O) groups is 1. The first kappa shape index (κ1) is 22.3. The maximum Gasteiger partial charge on any atom is 0.321 e. The first-order chi connectivity index (χ1) is 15.7. The largest absolute Gasteiger partial charge is 0.369 e. The molecule has 1 aliphatic rings. The van der Waals surface area contributed by atoms with Crippen LogP contribution in [0.3, 0.4) is 0 Å². The predicted octanol–water partition coefficient (Wildman–Crippen LogP) is 4.98. The van der Waals surface area contributed by atoms with Crippen molar-refractivity contribution in [2.75, 3.05) is 47.4 Å². The summed E-state index contributed by atoms with van der Waals surface area (Å²) in [6, 6.07) is 7.48. The van der Waals surface area contributed by atoms with Crippen molar-refractivity contribution in [2.45, 2.75) is 19.3 Å². The lowest BCUT2D eigenvalue weighted by Gasteiger charge is -2.16. The van der Waals surface area contributed by atoms with Crippen molar-refractivity contribution in [3.63, 3.8) is 0 Å². The molecule has 0 spiro atoms. The van der Waals surface area contributed by atoms with E-state index in [0.717, 1.165) is 72.2 Å². The molecule has 2 amide bonds. The highest BCUT2D eigenvalue weighted by Crippen LogP contribution is 2.23. The molecule has 1 aliphatic heterocycles. The number of rotatable bonds is 9. The molecule has 1 aromatic carbocycles. The van der Waals surface area contributed by atoms with E-state index < -0.39 is 0 Å². The van der Waals surface area contributed by atoms with Gasteiger partial charge in [-0.3, -0.25) is 0 Å². The molecule has 1 saturated heterocycles. The maximum absolute atomic E-state index is 12.3. The normalized spacial score (nSPS) is 13.1.